The molecule has 0 atom stereocenters. The van der Waals surface area contributed by atoms with Crippen molar-refractivity contribution in [1.29, 1.82) is 0 Å². The molecule has 2 aromatic heterocycles. The summed E-state index contributed by atoms with van der Waals surface area (Å²) in [7, 11) is 0. The number of fused-ring (bicyclic) bond motifs is 1. The summed E-state index contributed by atoms with van der Waals surface area (Å²) in [5.41, 5.74) is 1.92. The number of aromatic amines is 1. The van der Waals surface area contributed by atoms with E-state index < -0.39 is 0 Å². The standard InChI is InChI=1S/C13H10BrN3O/c14-11-6-10-7-15-17-12(10)13(16-11)18-8-9-4-2-1-3-5-9/h1-7H,8H2,(H,15,17). The van der Waals surface area contributed by atoms with Crippen molar-refractivity contribution in [3.05, 3.63) is 52.8 Å². The van der Waals surface area contributed by atoms with E-state index in [1.54, 1.807) is 6.20 Å². The minimum atomic E-state index is 0.485. The monoisotopic (exact) mass is 303 g/mol. The van der Waals surface area contributed by atoms with Gasteiger partial charge in [-0.25, -0.2) is 4.98 Å². The van der Waals surface area contributed by atoms with Crippen LogP contribution in [0.15, 0.2) is 47.2 Å². The first-order valence-corrected chi connectivity index (χ1v) is 6.28. The van der Waals surface area contributed by atoms with Crippen molar-refractivity contribution in [1.82, 2.24) is 15.2 Å². The summed E-state index contributed by atoms with van der Waals surface area (Å²) in [6, 6.07) is 11.9. The molecule has 0 spiro atoms. The number of rotatable bonds is 3. The molecule has 90 valence electrons. The van der Waals surface area contributed by atoms with E-state index in [1.165, 1.54) is 0 Å². The van der Waals surface area contributed by atoms with Crippen LogP contribution in [0.2, 0.25) is 0 Å². The Morgan fingerprint density at radius 3 is 2.89 bits per heavy atom. The smallest absolute Gasteiger partial charge is 0.241 e. The average Bonchev–Trinajstić information content (AvgIpc) is 2.85. The molecule has 2 heterocycles. The number of halogens is 1. The highest BCUT2D eigenvalue weighted by molar-refractivity contribution is 9.10. The van der Waals surface area contributed by atoms with E-state index >= 15 is 0 Å². The third-order valence-electron chi connectivity index (χ3n) is 2.58. The van der Waals surface area contributed by atoms with Crippen LogP contribution in [0.4, 0.5) is 0 Å². The molecule has 3 rings (SSSR count). The molecular formula is C13H10BrN3O. The van der Waals surface area contributed by atoms with Crippen LogP contribution in [0.3, 0.4) is 0 Å². The molecule has 1 N–H and O–H groups in total. The van der Waals surface area contributed by atoms with Crippen LogP contribution in [0, 0.1) is 0 Å². The predicted octanol–water partition coefficient (Wildman–Crippen LogP) is 3.30. The molecule has 0 amide bonds. The Kier molecular flexibility index (Phi) is 2.98. The van der Waals surface area contributed by atoms with Gasteiger partial charge in [0.2, 0.25) is 5.88 Å². The van der Waals surface area contributed by atoms with Gasteiger partial charge < -0.3 is 4.74 Å². The second-order valence-electron chi connectivity index (χ2n) is 3.86. The van der Waals surface area contributed by atoms with Crippen LogP contribution in [0.25, 0.3) is 10.9 Å². The van der Waals surface area contributed by atoms with Crippen molar-refractivity contribution in [3.63, 3.8) is 0 Å². The molecule has 4 nitrogen and oxygen atoms in total. The Morgan fingerprint density at radius 1 is 1.22 bits per heavy atom. The zero-order valence-corrected chi connectivity index (χ0v) is 11.0. The number of aromatic nitrogens is 3. The first kappa shape index (κ1) is 11.2. The van der Waals surface area contributed by atoms with Gasteiger partial charge in [-0.05, 0) is 27.6 Å². The zero-order valence-electron chi connectivity index (χ0n) is 9.43. The topological polar surface area (TPSA) is 50.8 Å². The largest absolute Gasteiger partial charge is 0.471 e. The van der Waals surface area contributed by atoms with Gasteiger partial charge in [-0.1, -0.05) is 30.3 Å². The van der Waals surface area contributed by atoms with Crippen molar-refractivity contribution >= 4 is 26.8 Å². The van der Waals surface area contributed by atoms with Crippen LogP contribution in [-0.2, 0) is 6.61 Å². The molecular weight excluding hydrogens is 294 g/mol. The lowest BCUT2D eigenvalue weighted by atomic mass is 10.2. The summed E-state index contributed by atoms with van der Waals surface area (Å²) in [4.78, 5) is 4.31. The summed E-state index contributed by atoms with van der Waals surface area (Å²) in [6.07, 6.45) is 1.75. The van der Waals surface area contributed by atoms with Gasteiger partial charge in [0, 0.05) is 5.39 Å². The summed E-state index contributed by atoms with van der Waals surface area (Å²) in [5.74, 6) is 0.556. The van der Waals surface area contributed by atoms with Crippen molar-refractivity contribution in [2.45, 2.75) is 6.61 Å². The van der Waals surface area contributed by atoms with E-state index in [4.69, 9.17) is 4.74 Å². The highest BCUT2D eigenvalue weighted by Crippen LogP contribution is 2.25. The van der Waals surface area contributed by atoms with Crippen LogP contribution in [0.5, 0.6) is 5.88 Å². The molecule has 0 saturated heterocycles. The first-order valence-electron chi connectivity index (χ1n) is 5.49. The molecule has 0 aliphatic heterocycles. The number of nitrogens with zero attached hydrogens (tertiary/aromatic N) is 2. The molecule has 18 heavy (non-hydrogen) atoms. The molecule has 5 heteroatoms. The number of pyridine rings is 1. The maximum atomic E-state index is 5.73. The lowest BCUT2D eigenvalue weighted by molar-refractivity contribution is 0.297. The van der Waals surface area contributed by atoms with Crippen LogP contribution in [-0.4, -0.2) is 15.2 Å². The molecule has 0 unspecified atom stereocenters. The minimum absolute atomic E-state index is 0.485. The lowest BCUT2D eigenvalue weighted by Gasteiger charge is -2.06. The van der Waals surface area contributed by atoms with Gasteiger partial charge in [0.05, 0.1) is 6.20 Å². The van der Waals surface area contributed by atoms with E-state index in [1.807, 2.05) is 36.4 Å². The summed E-state index contributed by atoms with van der Waals surface area (Å²) in [6.45, 7) is 0.485. The maximum Gasteiger partial charge on any atom is 0.241 e. The third kappa shape index (κ3) is 2.22. The minimum Gasteiger partial charge on any atom is -0.471 e. The van der Waals surface area contributed by atoms with Gasteiger partial charge in [0.15, 0.2) is 0 Å². The second-order valence-corrected chi connectivity index (χ2v) is 4.67. The predicted molar refractivity (Wildman–Crippen MR) is 72.4 cm³/mol. The molecule has 0 fully saturated rings. The summed E-state index contributed by atoms with van der Waals surface area (Å²) < 4.78 is 6.47. The van der Waals surface area contributed by atoms with E-state index in [0.717, 1.165) is 21.1 Å². The quantitative estimate of drug-likeness (QED) is 0.755. The molecule has 0 radical (unpaired) electrons. The van der Waals surface area contributed by atoms with Crippen LogP contribution in [0.1, 0.15) is 5.56 Å². The Labute approximate surface area is 112 Å². The highest BCUT2D eigenvalue weighted by atomic mass is 79.9. The number of ether oxygens (including phenoxy) is 1. The SMILES string of the molecule is Brc1cc2cn[nH]c2c(OCc2ccccc2)n1. The Morgan fingerprint density at radius 2 is 2.06 bits per heavy atom. The van der Waals surface area contributed by atoms with Crippen molar-refractivity contribution in [2.75, 3.05) is 0 Å². The van der Waals surface area contributed by atoms with Gasteiger partial charge in [-0.3, -0.25) is 5.10 Å². The van der Waals surface area contributed by atoms with Crippen molar-refractivity contribution < 1.29 is 4.74 Å². The van der Waals surface area contributed by atoms with Gasteiger partial charge >= 0.3 is 0 Å². The average molecular weight is 304 g/mol. The Hall–Kier alpha value is -1.88. The molecule has 0 bridgehead atoms. The van der Waals surface area contributed by atoms with Gasteiger partial charge in [-0.2, -0.15) is 5.10 Å². The van der Waals surface area contributed by atoms with Gasteiger partial charge in [-0.15, -0.1) is 0 Å². The van der Waals surface area contributed by atoms with Gasteiger partial charge in [0.1, 0.15) is 16.7 Å². The van der Waals surface area contributed by atoms with E-state index in [-0.39, 0.29) is 0 Å². The number of benzene rings is 1. The van der Waals surface area contributed by atoms with Crippen molar-refractivity contribution in [2.24, 2.45) is 0 Å². The fraction of sp³-hybridized carbons (Fsp3) is 0.0769. The van der Waals surface area contributed by atoms with E-state index in [9.17, 15) is 0 Å². The van der Waals surface area contributed by atoms with Crippen LogP contribution >= 0.6 is 15.9 Å². The lowest BCUT2D eigenvalue weighted by Crippen LogP contribution is -1.98. The van der Waals surface area contributed by atoms with Gasteiger partial charge in [0.25, 0.3) is 0 Å². The molecule has 3 aromatic rings. The van der Waals surface area contributed by atoms with E-state index in [2.05, 4.69) is 31.1 Å². The number of nitrogens with one attached hydrogen (secondary N) is 1. The fourth-order valence-corrected chi connectivity index (χ4v) is 2.13. The van der Waals surface area contributed by atoms with E-state index in [0.29, 0.717) is 12.5 Å². The second kappa shape index (κ2) is 4.78. The maximum absolute atomic E-state index is 5.73. The Bertz CT molecular complexity index is 666. The number of H-pyrrole nitrogens is 1. The van der Waals surface area contributed by atoms with Crippen molar-refractivity contribution in [3.8, 4) is 5.88 Å². The Balaban J connectivity index is 1.88. The summed E-state index contributed by atoms with van der Waals surface area (Å²) in [5, 5.41) is 7.86. The summed E-state index contributed by atoms with van der Waals surface area (Å²) >= 11 is 3.36. The molecule has 1 aromatic carbocycles. The molecule has 0 saturated carbocycles. The molecule has 0 aliphatic rings. The van der Waals surface area contributed by atoms with Crippen LogP contribution < -0.4 is 4.74 Å². The fourth-order valence-electron chi connectivity index (χ4n) is 1.72. The number of hydrogen-bond acceptors (Lipinski definition) is 3. The third-order valence-corrected chi connectivity index (χ3v) is 2.99. The molecule has 0 aliphatic carbocycles. The zero-order chi connectivity index (χ0) is 12.4. The number of hydrogen-bond donors (Lipinski definition) is 1. The highest BCUT2D eigenvalue weighted by Gasteiger charge is 2.08. The first-order chi connectivity index (χ1) is 8.83. The normalized spacial score (nSPS) is 10.7.